The van der Waals surface area contributed by atoms with E-state index in [1.54, 1.807) is 7.11 Å². The number of hydrogen-bond acceptors (Lipinski definition) is 2. The molecular formula is C13H17FN2O. The third kappa shape index (κ3) is 2.17. The third-order valence-electron chi connectivity index (χ3n) is 2.92. The van der Waals surface area contributed by atoms with Crippen molar-refractivity contribution in [3.05, 3.63) is 29.6 Å². The zero-order valence-electron chi connectivity index (χ0n) is 10.4. The molecule has 2 heterocycles. The first-order valence-electron chi connectivity index (χ1n) is 5.66. The van der Waals surface area contributed by atoms with Crippen LogP contribution in [0.4, 0.5) is 4.39 Å². The predicted octanol–water partition coefficient (Wildman–Crippen LogP) is 2.81. The fraction of sp³-hybridized carbons (Fsp3) is 0.462. The smallest absolute Gasteiger partial charge is 0.112 e. The number of ether oxygens (including phenoxy) is 1. The Morgan fingerprint density at radius 1 is 1.47 bits per heavy atom. The SMILES string of the molecule is COCC(CF)n1cc(C)c2ncc(C)cc21. The Morgan fingerprint density at radius 2 is 2.24 bits per heavy atom. The van der Waals surface area contributed by atoms with Crippen molar-refractivity contribution in [2.75, 3.05) is 20.4 Å². The number of fused-ring (bicyclic) bond motifs is 1. The van der Waals surface area contributed by atoms with Crippen molar-refractivity contribution in [2.45, 2.75) is 19.9 Å². The molecule has 0 fully saturated rings. The summed E-state index contributed by atoms with van der Waals surface area (Å²) < 4.78 is 20.0. The van der Waals surface area contributed by atoms with Crippen molar-refractivity contribution in [3.63, 3.8) is 0 Å². The van der Waals surface area contributed by atoms with Gasteiger partial charge in [-0.3, -0.25) is 4.98 Å². The number of aryl methyl sites for hydroxylation is 2. The molecule has 1 unspecified atom stereocenters. The van der Waals surface area contributed by atoms with Crippen LogP contribution in [0.1, 0.15) is 17.2 Å². The zero-order chi connectivity index (χ0) is 12.4. The van der Waals surface area contributed by atoms with Crippen LogP contribution in [0.5, 0.6) is 0 Å². The summed E-state index contributed by atoms with van der Waals surface area (Å²) in [6.45, 7) is 3.90. The molecule has 0 aliphatic rings. The first kappa shape index (κ1) is 12.0. The van der Waals surface area contributed by atoms with Gasteiger partial charge in [0.15, 0.2) is 0 Å². The van der Waals surface area contributed by atoms with E-state index >= 15 is 0 Å². The second kappa shape index (κ2) is 4.84. The molecule has 3 nitrogen and oxygen atoms in total. The van der Waals surface area contributed by atoms with Crippen molar-refractivity contribution < 1.29 is 9.13 Å². The average molecular weight is 236 g/mol. The number of alkyl halides is 1. The highest BCUT2D eigenvalue weighted by Gasteiger charge is 2.15. The van der Waals surface area contributed by atoms with Gasteiger partial charge >= 0.3 is 0 Å². The van der Waals surface area contributed by atoms with Gasteiger partial charge in [-0.25, -0.2) is 4.39 Å². The van der Waals surface area contributed by atoms with E-state index in [9.17, 15) is 4.39 Å². The van der Waals surface area contributed by atoms with Crippen LogP contribution in [0.3, 0.4) is 0 Å². The standard InChI is InChI=1S/C13H17FN2O/c1-9-4-12-13(15-6-9)10(2)7-16(12)11(5-14)8-17-3/h4,6-7,11H,5,8H2,1-3H3. The first-order valence-corrected chi connectivity index (χ1v) is 5.66. The lowest BCUT2D eigenvalue weighted by molar-refractivity contribution is 0.142. The maximum atomic E-state index is 13.0. The van der Waals surface area contributed by atoms with Crippen molar-refractivity contribution >= 4 is 11.0 Å². The van der Waals surface area contributed by atoms with Crippen molar-refractivity contribution in [2.24, 2.45) is 0 Å². The van der Waals surface area contributed by atoms with Gasteiger partial charge < -0.3 is 9.30 Å². The number of hydrogen-bond donors (Lipinski definition) is 0. The Bertz CT molecular complexity index is 521. The van der Waals surface area contributed by atoms with Crippen molar-refractivity contribution in [1.82, 2.24) is 9.55 Å². The maximum Gasteiger partial charge on any atom is 0.112 e. The average Bonchev–Trinajstić information content (AvgIpc) is 2.63. The van der Waals surface area contributed by atoms with E-state index in [0.717, 1.165) is 22.2 Å². The van der Waals surface area contributed by atoms with Gasteiger partial charge in [0.25, 0.3) is 0 Å². The molecule has 2 rings (SSSR count). The Labute approximate surface area is 100 Å². The van der Waals surface area contributed by atoms with E-state index < -0.39 is 6.67 Å². The Hall–Kier alpha value is -1.42. The highest BCUT2D eigenvalue weighted by Crippen LogP contribution is 2.23. The number of halogens is 1. The molecule has 0 aliphatic heterocycles. The van der Waals surface area contributed by atoms with Crippen LogP contribution in [0, 0.1) is 13.8 Å². The number of pyridine rings is 1. The zero-order valence-corrected chi connectivity index (χ0v) is 10.4. The van der Waals surface area contributed by atoms with Gasteiger partial charge in [-0.1, -0.05) is 0 Å². The Morgan fingerprint density at radius 3 is 2.88 bits per heavy atom. The molecule has 92 valence electrons. The van der Waals surface area contributed by atoms with Gasteiger partial charge in [0.2, 0.25) is 0 Å². The normalized spacial score (nSPS) is 13.2. The van der Waals surface area contributed by atoms with Gasteiger partial charge in [-0.2, -0.15) is 0 Å². The molecule has 0 aliphatic carbocycles. The van der Waals surface area contributed by atoms with E-state index in [1.807, 2.05) is 36.9 Å². The molecule has 0 spiro atoms. The molecule has 0 saturated carbocycles. The van der Waals surface area contributed by atoms with E-state index in [2.05, 4.69) is 4.98 Å². The lowest BCUT2D eigenvalue weighted by Gasteiger charge is -2.15. The van der Waals surface area contributed by atoms with Gasteiger partial charge in [0.05, 0.1) is 23.7 Å². The van der Waals surface area contributed by atoms with E-state index in [0.29, 0.717) is 6.61 Å². The molecule has 0 bridgehead atoms. The predicted molar refractivity (Wildman–Crippen MR) is 66.1 cm³/mol. The van der Waals surface area contributed by atoms with Crippen LogP contribution in [-0.4, -0.2) is 29.9 Å². The molecule has 1 atom stereocenters. The fourth-order valence-electron chi connectivity index (χ4n) is 2.09. The highest BCUT2D eigenvalue weighted by molar-refractivity contribution is 5.80. The number of nitrogens with zero attached hydrogens (tertiary/aromatic N) is 2. The summed E-state index contributed by atoms with van der Waals surface area (Å²) in [5.74, 6) is 0. The van der Waals surface area contributed by atoms with Crippen LogP contribution in [0.2, 0.25) is 0 Å². The minimum Gasteiger partial charge on any atom is -0.382 e. The molecule has 2 aromatic rings. The molecule has 0 N–H and O–H groups in total. The molecular weight excluding hydrogens is 219 g/mol. The Kier molecular flexibility index (Phi) is 3.43. The monoisotopic (exact) mass is 236 g/mol. The molecule has 0 saturated heterocycles. The van der Waals surface area contributed by atoms with Crippen LogP contribution in [0.25, 0.3) is 11.0 Å². The molecule has 2 aromatic heterocycles. The summed E-state index contributed by atoms with van der Waals surface area (Å²) in [7, 11) is 1.59. The van der Waals surface area contributed by atoms with Gasteiger partial charge in [0.1, 0.15) is 6.67 Å². The number of aromatic nitrogens is 2. The largest absolute Gasteiger partial charge is 0.382 e. The summed E-state index contributed by atoms with van der Waals surface area (Å²) in [6, 6.07) is 1.76. The quantitative estimate of drug-likeness (QED) is 0.816. The Balaban J connectivity index is 2.56. The van der Waals surface area contributed by atoms with Crippen LogP contribution >= 0.6 is 0 Å². The molecule has 4 heteroatoms. The van der Waals surface area contributed by atoms with Crippen LogP contribution in [0.15, 0.2) is 18.5 Å². The van der Waals surface area contributed by atoms with Gasteiger partial charge in [-0.05, 0) is 31.0 Å². The second-order valence-electron chi connectivity index (χ2n) is 4.36. The molecule has 0 aromatic carbocycles. The van der Waals surface area contributed by atoms with E-state index in [-0.39, 0.29) is 6.04 Å². The summed E-state index contributed by atoms with van der Waals surface area (Å²) in [5, 5.41) is 0. The second-order valence-corrected chi connectivity index (χ2v) is 4.36. The minimum atomic E-state index is -0.439. The number of rotatable bonds is 4. The van der Waals surface area contributed by atoms with Crippen molar-refractivity contribution in [3.8, 4) is 0 Å². The van der Waals surface area contributed by atoms with Crippen LogP contribution < -0.4 is 0 Å². The lowest BCUT2D eigenvalue weighted by atomic mass is 10.2. The van der Waals surface area contributed by atoms with Gasteiger partial charge in [0, 0.05) is 19.5 Å². The minimum absolute atomic E-state index is 0.278. The van der Waals surface area contributed by atoms with E-state index in [1.165, 1.54) is 0 Å². The summed E-state index contributed by atoms with van der Waals surface area (Å²) in [6.07, 6.45) is 3.78. The fourth-order valence-corrected chi connectivity index (χ4v) is 2.09. The van der Waals surface area contributed by atoms with E-state index in [4.69, 9.17) is 4.74 Å². The maximum absolute atomic E-state index is 13.0. The topological polar surface area (TPSA) is 27.1 Å². The summed E-state index contributed by atoms with van der Waals surface area (Å²) in [5.41, 5.74) is 4.05. The number of methoxy groups -OCH3 is 1. The molecule has 0 amide bonds. The highest BCUT2D eigenvalue weighted by atomic mass is 19.1. The third-order valence-corrected chi connectivity index (χ3v) is 2.92. The summed E-state index contributed by atoms with van der Waals surface area (Å²) >= 11 is 0. The molecule has 17 heavy (non-hydrogen) atoms. The lowest BCUT2D eigenvalue weighted by Crippen LogP contribution is -2.15. The summed E-state index contributed by atoms with van der Waals surface area (Å²) in [4.78, 5) is 4.39. The van der Waals surface area contributed by atoms with Crippen LogP contribution in [-0.2, 0) is 4.74 Å². The first-order chi connectivity index (χ1) is 8.17. The molecule has 0 radical (unpaired) electrons. The van der Waals surface area contributed by atoms with Gasteiger partial charge in [-0.15, -0.1) is 0 Å². The van der Waals surface area contributed by atoms with Crippen molar-refractivity contribution in [1.29, 1.82) is 0 Å².